The lowest BCUT2D eigenvalue weighted by Gasteiger charge is -2.25. The Morgan fingerprint density at radius 1 is 1.42 bits per heavy atom. The van der Waals surface area contributed by atoms with Gasteiger partial charge in [0.2, 0.25) is 0 Å². The third kappa shape index (κ3) is 2.09. The number of hydrogen-bond acceptors (Lipinski definition) is 3. The van der Waals surface area contributed by atoms with E-state index >= 15 is 0 Å². The van der Waals surface area contributed by atoms with E-state index in [4.69, 9.17) is 0 Å². The number of fused-ring (bicyclic) bond motifs is 1. The molecule has 1 N–H and O–H groups in total. The Morgan fingerprint density at radius 2 is 2.11 bits per heavy atom. The number of nitrogens with zero attached hydrogens (tertiary/aromatic N) is 1. The molecule has 0 radical (unpaired) electrons. The van der Waals surface area contributed by atoms with Gasteiger partial charge in [0.1, 0.15) is 0 Å². The molecular formula is C14H15NO4. The highest BCUT2D eigenvalue weighted by Gasteiger charge is 2.57. The van der Waals surface area contributed by atoms with Gasteiger partial charge in [-0.3, -0.25) is 14.9 Å². The second kappa shape index (κ2) is 4.05. The molecule has 0 amide bonds. The molecule has 1 aromatic carbocycles. The predicted octanol–water partition coefficient (Wildman–Crippen LogP) is 2.64. The number of non-ortho nitro benzene ring substituents is 1. The van der Waals surface area contributed by atoms with Crippen molar-refractivity contribution in [1.82, 2.24) is 0 Å². The summed E-state index contributed by atoms with van der Waals surface area (Å²) in [7, 11) is 0. The van der Waals surface area contributed by atoms with Crippen molar-refractivity contribution in [2.45, 2.75) is 25.7 Å². The Morgan fingerprint density at radius 3 is 2.68 bits per heavy atom. The lowest BCUT2D eigenvalue weighted by Crippen LogP contribution is -2.31. The summed E-state index contributed by atoms with van der Waals surface area (Å²) in [4.78, 5) is 21.9. The van der Waals surface area contributed by atoms with Gasteiger partial charge in [-0.2, -0.15) is 0 Å². The Bertz CT molecular complexity index is 544. The highest BCUT2D eigenvalue weighted by Crippen LogP contribution is 2.61. The summed E-state index contributed by atoms with van der Waals surface area (Å²) in [6.07, 6.45) is 2.99. The average Bonchev–Trinajstić information content (AvgIpc) is 2.97. The Balaban J connectivity index is 1.84. The fraction of sp³-hybridized carbons (Fsp3) is 0.500. The largest absolute Gasteiger partial charge is 0.481 e. The highest BCUT2D eigenvalue weighted by molar-refractivity contribution is 5.76. The van der Waals surface area contributed by atoms with Gasteiger partial charge in [0.15, 0.2) is 0 Å². The summed E-state index contributed by atoms with van der Waals surface area (Å²) in [5.41, 5.74) is 0.0714. The monoisotopic (exact) mass is 261 g/mol. The molecule has 2 atom stereocenters. The van der Waals surface area contributed by atoms with Crippen LogP contribution in [-0.2, 0) is 11.2 Å². The summed E-state index contributed by atoms with van der Waals surface area (Å²) in [5, 5.41) is 20.3. The van der Waals surface area contributed by atoms with Crippen molar-refractivity contribution in [3.05, 3.63) is 39.9 Å². The van der Waals surface area contributed by atoms with E-state index in [1.54, 1.807) is 12.1 Å². The fourth-order valence-corrected chi connectivity index (χ4v) is 3.46. The van der Waals surface area contributed by atoms with Gasteiger partial charge in [-0.05, 0) is 43.1 Å². The zero-order valence-corrected chi connectivity index (χ0v) is 10.4. The van der Waals surface area contributed by atoms with Gasteiger partial charge < -0.3 is 5.11 Å². The van der Waals surface area contributed by atoms with Gasteiger partial charge in [-0.1, -0.05) is 12.1 Å². The number of carboxylic acids is 1. The predicted molar refractivity (Wildman–Crippen MR) is 67.7 cm³/mol. The number of nitro benzene ring substituents is 1. The lowest BCUT2D eigenvalue weighted by molar-refractivity contribution is -0.384. The second-order valence-electron chi connectivity index (χ2n) is 5.85. The first-order chi connectivity index (χ1) is 9.00. The topological polar surface area (TPSA) is 80.4 Å². The summed E-state index contributed by atoms with van der Waals surface area (Å²) in [6, 6.07) is 6.33. The van der Waals surface area contributed by atoms with Crippen LogP contribution < -0.4 is 0 Å². The Hall–Kier alpha value is -1.91. The molecule has 19 heavy (non-hydrogen) atoms. The summed E-state index contributed by atoms with van der Waals surface area (Å²) in [5.74, 6) is 0.371. The molecule has 5 heteroatoms. The quantitative estimate of drug-likeness (QED) is 0.667. The van der Waals surface area contributed by atoms with E-state index < -0.39 is 16.3 Å². The summed E-state index contributed by atoms with van der Waals surface area (Å²) in [6.45, 7) is 0. The van der Waals surface area contributed by atoms with Crippen LogP contribution in [0.15, 0.2) is 24.3 Å². The fourth-order valence-electron chi connectivity index (χ4n) is 3.46. The van der Waals surface area contributed by atoms with Crippen molar-refractivity contribution in [3.63, 3.8) is 0 Å². The van der Waals surface area contributed by atoms with Crippen molar-refractivity contribution in [3.8, 4) is 0 Å². The van der Waals surface area contributed by atoms with Crippen LogP contribution in [0.3, 0.4) is 0 Å². The molecule has 2 unspecified atom stereocenters. The molecule has 3 rings (SSSR count). The molecule has 1 aromatic rings. The molecule has 5 nitrogen and oxygen atoms in total. The van der Waals surface area contributed by atoms with Crippen LogP contribution in [0.25, 0.3) is 0 Å². The van der Waals surface area contributed by atoms with Gasteiger partial charge in [-0.25, -0.2) is 0 Å². The van der Waals surface area contributed by atoms with E-state index in [2.05, 4.69) is 0 Å². The van der Waals surface area contributed by atoms with E-state index in [9.17, 15) is 20.0 Å². The molecule has 0 spiro atoms. The van der Waals surface area contributed by atoms with E-state index in [0.29, 0.717) is 18.3 Å². The number of rotatable bonds is 4. The van der Waals surface area contributed by atoms with Crippen LogP contribution in [0.4, 0.5) is 5.69 Å². The molecule has 2 aliphatic rings. The van der Waals surface area contributed by atoms with Crippen LogP contribution in [-0.4, -0.2) is 16.0 Å². The maximum absolute atomic E-state index is 11.6. The highest BCUT2D eigenvalue weighted by atomic mass is 16.6. The first-order valence-corrected chi connectivity index (χ1v) is 6.47. The van der Waals surface area contributed by atoms with Crippen molar-refractivity contribution >= 4 is 11.7 Å². The summed E-state index contributed by atoms with van der Waals surface area (Å²) >= 11 is 0. The molecule has 0 saturated heterocycles. The third-order valence-electron chi connectivity index (χ3n) is 4.49. The van der Waals surface area contributed by atoms with Crippen LogP contribution >= 0.6 is 0 Å². The number of nitro groups is 1. The molecule has 0 aromatic heterocycles. The standard InChI is InChI=1S/C14H15NO4/c16-13(17)14(7-10-5-11(10)8-14)6-9-2-1-3-12(4-9)15(18)19/h1-4,10-11H,5-8H2,(H,16,17). The Kier molecular flexibility index (Phi) is 2.59. The van der Waals surface area contributed by atoms with Gasteiger partial charge >= 0.3 is 5.97 Å². The van der Waals surface area contributed by atoms with Crippen LogP contribution in [0, 0.1) is 27.4 Å². The molecule has 2 fully saturated rings. The molecule has 100 valence electrons. The van der Waals surface area contributed by atoms with Crippen LogP contribution in [0.5, 0.6) is 0 Å². The van der Waals surface area contributed by atoms with Gasteiger partial charge in [0.25, 0.3) is 5.69 Å². The van der Waals surface area contributed by atoms with Gasteiger partial charge in [0, 0.05) is 12.1 Å². The Labute approximate surface area is 110 Å². The molecule has 2 saturated carbocycles. The van der Waals surface area contributed by atoms with E-state index in [-0.39, 0.29) is 5.69 Å². The summed E-state index contributed by atoms with van der Waals surface area (Å²) < 4.78 is 0. The third-order valence-corrected chi connectivity index (χ3v) is 4.49. The van der Waals surface area contributed by atoms with Crippen molar-refractivity contribution in [2.24, 2.45) is 17.3 Å². The van der Waals surface area contributed by atoms with Crippen LogP contribution in [0.2, 0.25) is 0 Å². The van der Waals surface area contributed by atoms with Crippen molar-refractivity contribution in [2.75, 3.05) is 0 Å². The van der Waals surface area contributed by atoms with Crippen LogP contribution in [0.1, 0.15) is 24.8 Å². The van der Waals surface area contributed by atoms with Crippen molar-refractivity contribution < 1.29 is 14.8 Å². The maximum atomic E-state index is 11.6. The van der Waals surface area contributed by atoms with Gasteiger partial charge in [-0.15, -0.1) is 0 Å². The molecule has 0 bridgehead atoms. The molecule has 2 aliphatic carbocycles. The molecule has 0 aliphatic heterocycles. The zero-order chi connectivity index (χ0) is 13.6. The SMILES string of the molecule is O=C(O)C1(Cc2cccc([N+](=O)[O-])c2)CC2CC2C1. The number of aliphatic carboxylic acids is 1. The smallest absolute Gasteiger partial charge is 0.309 e. The lowest BCUT2D eigenvalue weighted by atomic mass is 9.77. The second-order valence-corrected chi connectivity index (χ2v) is 5.85. The normalized spacial score (nSPS) is 31.8. The maximum Gasteiger partial charge on any atom is 0.309 e. The van der Waals surface area contributed by atoms with Crippen molar-refractivity contribution in [1.29, 1.82) is 0 Å². The number of hydrogen-bond donors (Lipinski definition) is 1. The first kappa shape index (κ1) is 12.1. The number of carboxylic acid groups (broad SMARTS) is 1. The van der Waals surface area contributed by atoms with E-state index in [1.165, 1.54) is 12.1 Å². The average molecular weight is 261 g/mol. The minimum absolute atomic E-state index is 0.0289. The van der Waals surface area contributed by atoms with E-state index in [1.807, 2.05) is 0 Å². The molecular weight excluding hydrogens is 246 g/mol. The van der Waals surface area contributed by atoms with Gasteiger partial charge in [0.05, 0.1) is 10.3 Å². The number of benzene rings is 1. The number of carbonyl (C=O) groups is 1. The minimum atomic E-state index is -0.758. The molecule has 0 heterocycles. The van der Waals surface area contributed by atoms with E-state index in [0.717, 1.165) is 24.8 Å². The minimum Gasteiger partial charge on any atom is -0.481 e. The zero-order valence-electron chi connectivity index (χ0n) is 10.4. The first-order valence-electron chi connectivity index (χ1n) is 6.47.